The number of amides is 2. The number of thiophene rings is 1. The van der Waals surface area contributed by atoms with Crippen LogP contribution in [0.2, 0.25) is 5.15 Å². The predicted molar refractivity (Wildman–Crippen MR) is 181 cm³/mol. The monoisotopic (exact) mass is 670 g/mol. The molecule has 47 heavy (non-hydrogen) atoms. The molecule has 2 saturated heterocycles. The lowest BCUT2D eigenvalue weighted by atomic mass is 9.79. The zero-order valence-corrected chi connectivity index (χ0v) is 27.5. The van der Waals surface area contributed by atoms with Crippen molar-refractivity contribution >= 4 is 45.8 Å². The van der Waals surface area contributed by atoms with E-state index in [2.05, 4.69) is 9.97 Å². The van der Waals surface area contributed by atoms with Gasteiger partial charge in [0, 0.05) is 62.3 Å². The predicted octanol–water partition coefficient (Wildman–Crippen LogP) is 4.81. The molecule has 0 bridgehead atoms. The van der Waals surface area contributed by atoms with E-state index in [0.29, 0.717) is 66.5 Å². The zero-order chi connectivity index (χ0) is 32.7. The molecule has 1 aromatic carbocycles. The molecular weight excluding hydrogens is 636 g/mol. The fraction of sp³-hybridized carbons (Fsp3) is 0.343. The average molecular weight is 671 g/mol. The van der Waals surface area contributed by atoms with Crippen LogP contribution in [-0.2, 0) is 18.4 Å². The van der Waals surface area contributed by atoms with E-state index in [4.69, 9.17) is 11.6 Å². The van der Waals surface area contributed by atoms with Crippen molar-refractivity contribution in [2.45, 2.75) is 37.3 Å². The molecule has 2 amide bonds. The van der Waals surface area contributed by atoms with E-state index in [1.807, 2.05) is 65.4 Å². The van der Waals surface area contributed by atoms with Crippen molar-refractivity contribution in [1.29, 1.82) is 0 Å². The first kappa shape index (κ1) is 31.3. The number of hydrogen-bond donors (Lipinski definition) is 1. The van der Waals surface area contributed by atoms with E-state index in [9.17, 15) is 19.5 Å². The zero-order valence-electron chi connectivity index (χ0n) is 26.0. The first-order valence-corrected chi connectivity index (χ1v) is 17.0. The minimum absolute atomic E-state index is 0.0466. The number of carbonyl (C=O) groups excluding carboxylic acids is 2. The summed E-state index contributed by atoms with van der Waals surface area (Å²) in [6.07, 6.45) is 6.19. The molecule has 6 heterocycles. The number of pyridine rings is 1. The highest BCUT2D eigenvalue weighted by Crippen LogP contribution is 2.37. The van der Waals surface area contributed by atoms with Crippen LogP contribution in [0.5, 0.6) is 0 Å². The van der Waals surface area contributed by atoms with Crippen LogP contribution < -0.4 is 5.56 Å². The summed E-state index contributed by atoms with van der Waals surface area (Å²) < 4.78 is 3.27. The van der Waals surface area contributed by atoms with Gasteiger partial charge in [0.25, 0.3) is 11.5 Å². The minimum Gasteiger partial charge on any atom is -0.388 e. The van der Waals surface area contributed by atoms with Gasteiger partial charge in [-0.2, -0.15) is 0 Å². The van der Waals surface area contributed by atoms with Gasteiger partial charge in [0.2, 0.25) is 5.91 Å². The number of benzene rings is 1. The first-order valence-electron chi connectivity index (χ1n) is 15.8. The van der Waals surface area contributed by atoms with Crippen molar-refractivity contribution < 1.29 is 14.7 Å². The molecule has 7 rings (SSSR count). The molecule has 10 nitrogen and oxygen atoms in total. The summed E-state index contributed by atoms with van der Waals surface area (Å²) in [5.74, 6) is -0.457. The molecule has 242 valence electrons. The van der Waals surface area contributed by atoms with E-state index in [1.54, 1.807) is 29.1 Å². The fourth-order valence-corrected chi connectivity index (χ4v) is 8.08. The number of hydrogen-bond acceptors (Lipinski definition) is 7. The van der Waals surface area contributed by atoms with Gasteiger partial charge in [0.05, 0.1) is 22.4 Å². The first-order chi connectivity index (χ1) is 22.7. The Morgan fingerprint density at radius 1 is 1.02 bits per heavy atom. The van der Waals surface area contributed by atoms with E-state index in [0.717, 1.165) is 16.0 Å². The Kier molecular flexibility index (Phi) is 8.46. The molecule has 4 aromatic heterocycles. The topological polar surface area (TPSA) is 114 Å². The molecule has 0 radical (unpaired) electrons. The summed E-state index contributed by atoms with van der Waals surface area (Å²) in [7, 11) is 1.84. The maximum absolute atomic E-state index is 14.1. The van der Waals surface area contributed by atoms with Crippen LogP contribution in [0.4, 0.5) is 0 Å². The number of fused-ring (bicyclic) bond motifs is 1. The van der Waals surface area contributed by atoms with Crippen LogP contribution in [0, 0.1) is 5.92 Å². The van der Waals surface area contributed by atoms with E-state index < -0.39 is 5.60 Å². The quantitative estimate of drug-likeness (QED) is 0.260. The molecule has 0 saturated carbocycles. The van der Waals surface area contributed by atoms with Gasteiger partial charge in [-0.25, -0.2) is 9.97 Å². The highest BCUT2D eigenvalue weighted by atomic mass is 35.5. The molecule has 12 heteroatoms. The summed E-state index contributed by atoms with van der Waals surface area (Å²) >= 11 is 7.51. The Balaban J connectivity index is 1.04. The van der Waals surface area contributed by atoms with Crippen molar-refractivity contribution in [3.8, 4) is 10.4 Å². The summed E-state index contributed by atoms with van der Waals surface area (Å²) in [5, 5.41) is 12.4. The summed E-state index contributed by atoms with van der Waals surface area (Å²) in [6, 6.07) is 19.1. The lowest BCUT2D eigenvalue weighted by Crippen LogP contribution is -2.53. The second kappa shape index (κ2) is 12.7. The SMILES string of the molecule is Cn1ccc2c(=O)n(CC3(O)CCN(C(=O)[C@@H]4CCN(C(=O)c5ccc(-c6ccnc(Cl)c6)s5)C[C@H]4c4ccccc4)CC3)cnc21. The highest BCUT2D eigenvalue weighted by Gasteiger charge is 2.42. The average Bonchev–Trinajstić information content (AvgIpc) is 3.74. The van der Waals surface area contributed by atoms with Gasteiger partial charge in [-0.1, -0.05) is 41.9 Å². The third kappa shape index (κ3) is 6.22. The summed E-state index contributed by atoms with van der Waals surface area (Å²) in [5.41, 5.74) is 1.23. The Hall–Kier alpha value is -4.32. The van der Waals surface area contributed by atoms with Gasteiger partial charge in [-0.15, -0.1) is 11.3 Å². The fourth-order valence-electron chi connectivity index (χ4n) is 6.94. The largest absolute Gasteiger partial charge is 0.388 e. The molecule has 1 N–H and O–H groups in total. The van der Waals surface area contributed by atoms with Gasteiger partial charge in [-0.3, -0.25) is 19.0 Å². The van der Waals surface area contributed by atoms with Crippen molar-refractivity contribution in [3.05, 3.63) is 105 Å². The van der Waals surface area contributed by atoms with Crippen LogP contribution in [0.15, 0.2) is 84.2 Å². The van der Waals surface area contributed by atoms with Gasteiger partial charge >= 0.3 is 0 Å². The number of aromatic nitrogens is 4. The van der Waals surface area contributed by atoms with Gasteiger partial charge in [-0.05, 0) is 60.7 Å². The van der Waals surface area contributed by atoms with Crippen molar-refractivity contribution in [3.63, 3.8) is 0 Å². The van der Waals surface area contributed by atoms with Crippen LogP contribution >= 0.6 is 22.9 Å². The molecule has 2 aliphatic rings. The maximum atomic E-state index is 14.1. The Morgan fingerprint density at radius 3 is 2.57 bits per heavy atom. The number of halogens is 1. The van der Waals surface area contributed by atoms with Gasteiger partial charge in [0.15, 0.2) is 0 Å². The Labute approximate surface area is 280 Å². The molecule has 2 aliphatic heterocycles. The number of nitrogens with zero attached hydrogens (tertiary/aromatic N) is 6. The Bertz CT molecular complexity index is 2000. The van der Waals surface area contributed by atoms with Crippen molar-refractivity contribution in [2.75, 3.05) is 26.2 Å². The second-order valence-corrected chi connectivity index (χ2v) is 14.1. The smallest absolute Gasteiger partial charge is 0.263 e. The number of aryl methyl sites for hydroxylation is 1. The normalized spacial score (nSPS) is 19.6. The van der Waals surface area contributed by atoms with E-state index >= 15 is 0 Å². The third-order valence-electron chi connectivity index (χ3n) is 9.59. The molecule has 2 fully saturated rings. The van der Waals surface area contributed by atoms with E-state index in [-0.39, 0.29) is 35.8 Å². The highest BCUT2D eigenvalue weighted by molar-refractivity contribution is 7.17. The molecular formula is C35H35ClN6O4S. The lowest BCUT2D eigenvalue weighted by Gasteiger charge is -2.43. The maximum Gasteiger partial charge on any atom is 0.263 e. The minimum atomic E-state index is -1.12. The lowest BCUT2D eigenvalue weighted by molar-refractivity contribution is -0.142. The number of likely N-dealkylation sites (tertiary alicyclic amines) is 2. The standard InChI is InChI=1S/C35H35ClN6O4S/c1-39-15-10-26-31(39)38-22-42(33(26)44)21-35(46)12-17-40(18-13-35)32(43)25-11-16-41(20-27(25)23-5-3-2-4-6-23)34(45)29-8-7-28(47-29)24-9-14-37-30(36)19-24/h2-10,14-15,19,22,25,27,46H,11-13,16-18,20-21H2,1H3/t25-,27+/m1/s1. The van der Waals surface area contributed by atoms with Crippen molar-refractivity contribution in [2.24, 2.45) is 13.0 Å². The summed E-state index contributed by atoms with van der Waals surface area (Å²) in [4.78, 5) is 54.6. The Morgan fingerprint density at radius 2 is 1.81 bits per heavy atom. The molecule has 2 atom stereocenters. The van der Waals surface area contributed by atoms with Crippen LogP contribution in [0.1, 0.15) is 40.4 Å². The van der Waals surface area contributed by atoms with Crippen LogP contribution in [0.25, 0.3) is 21.5 Å². The molecule has 0 aliphatic carbocycles. The second-order valence-electron chi connectivity index (χ2n) is 12.6. The van der Waals surface area contributed by atoms with Crippen molar-refractivity contribution in [1.82, 2.24) is 28.9 Å². The number of carbonyl (C=O) groups is 2. The van der Waals surface area contributed by atoms with Gasteiger partial charge < -0.3 is 19.5 Å². The summed E-state index contributed by atoms with van der Waals surface area (Å²) in [6.45, 7) is 1.81. The van der Waals surface area contributed by atoms with E-state index in [1.165, 1.54) is 22.2 Å². The molecule has 0 spiro atoms. The third-order valence-corrected chi connectivity index (χ3v) is 10.9. The number of piperidine rings is 2. The molecule has 5 aromatic rings. The number of rotatable bonds is 6. The van der Waals surface area contributed by atoms with Crippen LogP contribution in [-0.4, -0.2) is 77.6 Å². The van der Waals surface area contributed by atoms with Gasteiger partial charge in [0.1, 0.15) is 17.1 Å². The molecule has 0 unspecified atom stereocenters. The van der Waals surface area contributed by atoms with Crippen LogP contribution in [0.3, 0.4) is 0 Å². The number of aliphatic hydroxyl groups is 1.